The lowest BCUT2D eigenvalue weighted by atomic mass is 9.96. The van der Waals surface area contributed by atoms with Gasteiger partial charge in [-0.2, -0.15) is 5.10 Å². The molecule has 0 radical (unpaired) electrons. The molecule has 0 fully saturated rings. The first-order chi connectivity index (χ1) is 14.4. The lowest BCUT2D eigenvalue weighted by Crippen LogP contribution is -2.44. The Labute approximate surface area is 177 Å². The lowest BCUT2D eigenvalue weighted by molar-refractivity contribution is 0.0601. The molecule has 0 saturated carbocycles. The van der Waals surface area contributed by atoms with E-state index in [1.54, 1.807) is 17.9 Å². The summed E-state index contributed by atoms with van der Waals surface area (Å²) in [5.74, 6) is 2.16. The quantitative estimate of drug-likeness (QED) is 0.390. The third kappa shape index (κ3) is 5.70. The second-order valence-electron chi connectivity index (χ2n) is 7.56. The van der Waals surface area contributed by atoms with Crippen LogP contribution in [0.2, 0.25) is 0 Å². The maximum atomic E-state index is 10.9. The third-order valence-corrected chi connectivity index (χ3v) is 4.79. The molecule has 1 aromatic carbocycles. The second kappa shape index (κ2) is 9.58. The van der Waals surface area contributed by atoms with Crippen molar-refractivity contribution in [1.29, 1.82) is 0 Å². The van der Waals surface area contributed by atoms with Crippen molar-refractivity contribution in [3.05, 3.63) is 71.2 Å². The summed E-state index contributed by atoms with van der Waals surface area (Å²) < 4.78 is 7.35. The van der Waals surface area contributed by atoms with E-state index in [9.17, 15) is 5.11 Å². The molecular weight excluding hydrogens is 380 g/mol. The number of hydrogen-bond acceptors (Lipinski definition) is 5. The molecule has 1 unspecified atom stereocenters. The van der Waals surface area contributed by atoms with E-state index in [2.05, 4.69) is 37.8 Å². The van der Waals surface area contributed by atoms with Gasteiger partial charge in [-0.05, 0) is 44.9 Å². The van der Waals surface area contributed by atoms with Gasteiger partial charge < -0.3 is 20.2 Å². The standard InChI is InChI=1S/C22H30N6O2/c1-5-24-21(26-13-22(4,29)20-9-16(2)30-17(20)3)25-11-18-7-6-8-19(10-18)12-28-15-23-14-27-28/h6-10,14-15,29H,5,11-13H2,1-4H3,(H2,24,25,26). The Bertz CT molecular complexity index is 975. The number of furan rings is 1. The molecule has 0 amide bonds. The smallest absolute Gasteiger partial charge is 0.191 e. The molecule has 1 atom stereocenters. The molecule has 3 rings (SSSR count). The number of rotatable bonds is 8. The van der Waals surface area contributed by atoms with Gasteiger partial charge in [-0.25, -0.2) is 14.7 Å². The highest BCUT2D eigenvalue weighted by atomic mass is 16.3. The molecular formula is C22H30N6O2. The number of nitrogens with zero attached hydrogens (tertiary/aromatic N) is 4. The van der Waals surface area contributed by atoms with Gasteiger partial charge in [-0.15, -0.1) is 0 Å². The summed E-state index contributed by atoms with van der Waals surface area (Å²) in [7, 11) is 0. The fourth-order valence-electron chi connectivity index (χ4n) is 3.36. The van der Waals surface area contributed by atoms with Crippen molar-refractivity contribution in [2.24, 2.45) is 4.99 Å². The lowest BCUT2D eigenvalue weighted by Gasteiger charge is -2.24. The average molecular weight is 411 g/mol. The van der Waals surface area contributed by atoms with E-state index < -0.39 is 5.60 Å². The summed E-state index contributed by atoms with van der Waals surface area (Å²) in [6, 6.07) is 10.1. The van der Waals surface area contributed by atoms with Gasteiger partial charge in [0.25, 0.3) is 0 Å². The number of hydrogen-bond donors (Lipinski definition) is 3. The van der Waals surface area contributed by atoms with Gasteiger partial charge in [0.2, 0.25) is 0 Å². The molecule has 3 N–H and O–H groups in total. The van der Waals surface area contributed by atoms with Crippen LogP contribution in [0.25, 0.3) is 0 Å². The molecule has 30 heavy (non-hydrogen) atoms. The molecule has 0 spiro atoms. The highest BCUT2D eigenvalue weighted by molar-refractivity contribution is 5.79. The van der Waals surface area contributed by atoms with Crippen LogP contribution in [0.3, 0.4) is 0 Å². The van der Waals surface area contributed by atoms with Crippen molar-refractivity contribution in [3.63, 3.8) is 0 Å². The summed E-state index contributed by atoms with van der Waals surface area (Å²) in [5.41, 5.74) is 1.94. The van der Waals surface area contributed by atoms with Gasteiger partial charge in [0.1, 0.15) is 29.8 Å². The van der Waals surface area contributed by atoms with Crippen LogP contribution in [-0.2, 0) is 18.7 Å². The summed E-state index contributed by atoms with van der Waals surface area (Å²) in [4.78, 5) is 8.65. The van der Waals surface area contributed by atoms with Crippen LogP contribution < -0.4 is 10.6 Å². The summed E-state index contributed by atoms with van der Waals surface area (Å²) in [6.45, 7) is 9.75. The molecule has 8 heteroatoms. The van der Waals surface area contributed by atoms with Crippen LogP contribution in [0, 0.1) is 13.8 Å². The van der Waals surface area contributed by atoms with Gasteiger partial charge in [0, 0.05) is 12.1 Å². The highest BCUT2D eigenvalue weighted by Gasteiger charge is 2.27. The van der Waals surface area contributed by atoms with Crippen molar-refractivity contribution >= 4 is 5.96 Å². The zero-order chi connectivity index (χ0) is 21.6. The second-order valence-corrected chi connectivity index (χ2v) is 7.56. The topological polar surface area (TPSA) is 100 Å². The number of benzene rings is 1. The molecule has 0 bridgehead atoms. The minimum Gasteiger partial charge on any atom is -0.466 e. The molecule has 0 aliphatic carbocycles. The number of aromatic nitrogens is 3. The zero-order valence-corrected chi connectivity index (χ0v) is 18.0. The summed E-state index contributed by atoms with van der Waals surface area (Å²) in [5, 5.41) is 21.5. The third-order valence-electron chi connectivity index (χ3n) is 4.79. The van der Waals surface area contributed by atoms with E-state index in [0.717, 1.165) is 34.8 Å². The molecule has 0 saturated heterocycles. The minimum absolute atomic E-state index is 0.311. The van der Waals surface area contributed by atoms with Crippen LogP contribution in [0.4, 0.5) is 0 Å². The van der Waals surface area contributed by atoms with Gasteiger partial charge in [-0.1, -0.05) is 24.3 Å². The predicted octanol–water partition coefficient (Wildman–Crippen LogP) is 2.50. The fraction of sp³-hybridized carbons (Fsp3) is 0.409. The average Bonchev–Trinajstić information content (AvgIpc) is 3.33. The Morgan fingerprint density at radius 3 is 2.70 bits per heavy atom. The minimum atomic E-state index is -1.07. The van der Waals surface area contributed by atoms with Gasteiger partial charge >= 0.3 is 0 Å². The van der Waals surface area contributed by atoms with E-state index in [0.29, 0.717) is 25.6 Å². The van der Waals surface area contributed by atoms with E-state index in [1.807, 2.05) is 39.0 Å². The molecule has 3 aromatic rings. The molecule has 8 nitrogen and oxygen atoms in total. The van der Waals surface area contributed by atoms with Crippen molar-refractivity contribution in [1.82, 2.24) is 25.4 Å². The first kappa shape index (κ1) is 21.6. The Kier molecular flexibility index (Phi) is 6.89. The van der Waals surface area contributed by atoms with Gasteiger partial charge in [0.15, 0.2) is 5.96 Å². The van der Waals surface area contributed by atoms with E-state index in [4.69, 9.17) is 4.42 Å². The maximum absolute atomic E-state index is 10.9. The van der Waals surface area contributed by atoms with Crippen LogP contribution in [-0.4, -0.2) is 38.9 Å². The number of nitrogens with one attached hydrogen (secondary N) is 2. The molecule has 160 valence electrons. The van der Waals surface area contributed by atoms with Crippen molar-refractivity contribution < 1.29 is 9.52 Å². The van der Waals surface area contributed by atoms with Crippen molar-refractivity contribution in [3.8, 4) is 0 Å². The predicted molar refractivity (Wildman–Crippen MR) is 116 cm³/mol. The number of aliphatic imine (C=N–C) groups is 1. The maximum Gasteiger partial charge on any atom is 0.191 e. The molecule has 2 heterocycles. The zero-order valence-electron chi connectivity index (χ0n) is 18.0. The van der Waals surface area contributed by atoms with Crippen LogP contribution >= 0.6 is 0 Å². The molecule has 0 aliphatic rings. The highest BCUT2D eigenvalue weighted by Crippen LogP contribution is 2.26. The number of aryl methyl sites for hydroxylation is 2. The number of guanidine groups is 1. The largest absolute Gasteiger partial charge is 0.466 e. The van der Waals surface area contributed by atoms with Gasteiger partial charge in [-0.3, -0.25) is 0 Å². The summed E-state index contributed by atoms with van der Waals surface area (Å²) in [6.07, 6.45) is 3.23. The monoisotopic (exact) mass is 410 g/mol. The normalized spacial score (nSPS) is 13.8. The van der Waals surface area contributed by atoms with E-state index >= 15 is 0 Å². The first-order valence-corrected chi connectivity index (χ1v) is 10.1. The Morgan fingerprint density at radius 2 is 2.03 bits per heavy atom. The SMILES string of the molecule is CCNC(=NCc1cccc(Cn2cncn2)c1)NCC(C)(O)c1cc(C)oc1C. The summed E-state index contributed by atoms with van der Waals surface area (Å²) >= 11 is 0. The van der Waals surface area contributed by atoms with Crippen molar-refractivity contribution in [2.75, 3.05) is 13.1 Å². The van der Waals surface area contributed by atoms with Gasteiger partial charge in [0.05, 0.1) is 19.6 Å². The molecule has 2 aromatic heterocycles. The van der Waals surface area contributed by atoms with E-state index in [-0.39, 0.29) is 0 Å². The van der Waals surface area contributed by atoms with E-state index in [1.165, 1.54) is 6.33 Å². The van der Waals surface area contributed by atoms with Crippen LogP contribution in [0.5, 0.6) is 0 Å². The van der Waals surface area contributed by atoms with Crippen LogP contribution in [0.15, 0.2) is 52.4 Å². The molecule has 0 aliphatic heterocycles. The van der Waals surface area contributed by atoms with Crippen LogP contribution in [0.1, 0.15) is 42.1 Å². The van der Waals surface area contributed by atoms with Crippen molar-refractivity contribution in [2.45, 2.75) is 46.4 Å². The Morgan fingerprint density at radius 1 is 1.23 bits per heavy atom. The number of aliphatic hydroxyl groups is 1. The first-order valence-electron chi connectivity index (χ1n) is 10.1. The Hall–Kier alpha value is -3.13. The Balaban J connectivity index is 1.65. The fourth-order valence-corrected chi connectivity index (χ4v) is 3.36.